The molecule has 3 rings (SSSR count). The van der Waals surface area contributed by atoms with E-state index in [4.69, 9.17) is 0 Å². The van der Waals surface area contributed by atoms with Crippen LogP contribution in [0.15, 0.2) is 63.3 Å². The highest BCUT2D eigenvalue weighted by atomic mass is 32.2. The van der Waals surface area contributed by atoms with Gasteiger partial charge in [-0.15, -0.1) is 0 Å². The summed E-state index contributed by atoms with van der Waals surface area (Å²) in [5, 5.41) is 2.61. The van der Waals surface area contributed by atoms with Crippen molar-refractivity contribution in [1.29, 1.82) is 0 Å². The number of carbonyl (C=O) groups is 1. The van der Waals surface area contributed by atoms with Gasteiger partial charge in [-0.3, -0.25) is 14.5 Å². The quantitative estimate of drug-likeness (QED) is 0.577. The normalized spacial score (nSPS) is 14.4. The molecule has 0 aromatic heterocycles. The third-order valence-electron chi connectivity index (χ3n) is 4.33. The van der Waals surface area contributed by atoms with E-state index in [1.54, 1.807) is 19.9 Å². The second-order valence-electron chi connectivity index (χ2n) is 7.32. The lowest BCUT2D eigenvalue weighted by Gasteiger charge is -2.12. The number of carbonyl (C=O) groups excluding carboxylic acids is 1. The highest BCUT2D eigenvalue weighted by Crippen LogP contribution is 2.18. The summed E-state index contributed by atoms with van der Waals surface area (Å²) in [4.78, 5) is 16.7. The molecule has 1 aliphatic heterocycles. The van der Waals surface area contributed by atoms with Crippen molar-refractivity contribution < 1.29 is 21.6 Å². The molecular weight excluding hydrogens is 440 g/mol. The number of aliphatic imine (C=N–C) groups is 1. The number of hydrogen-bond donors (Lipinski definition) is 3. The molecule has 0 spiro atoms. The Balaban J connectivity index is 1.78. The van der Waals surface area contributed by atoms with Crippen molar-refractivity contribution in [3.63, 3.8) is 0 Å². The number of nitrogens with zero attached hydrogens (tertiary/aromatic N) is 1. The van der Waals surface area contributed by atoms with Gasteiger partial charge in [-0.05, 0) is 56.7 Å². The van der Waals surface area contributed by atoms with Gasteiger partial charge in [0.05, 0.1) is 9.79 Å². The van der Waals surface area contributed by atoms with Crippen molar-refractivity contribution in [3.05, 3.63) is 54.1 Å². The molecule has 1 heterocycles. The van der Waals surface area contributed by atoms with E-state index in [0.29, 0.717) is 18.8 Å². The topological polar surface area (TPSA) is 134 Å². The molecule has 166 valence electrons. The largest absolute Gasteiger partial charge is 0.322 e. The minimum absolute atomic E-state index is 0.0163. The van der Waals surface area contributed by atoms with Gasteiger partial charge >= 0.3 is 0 Å². The predicted molar refractivity (Wildman–Crippen MR) is 118 cm³/mol. The van der Waals surface area contributed by atoms with Crippen molar-refractivity contribution >= 4 is 37.5 Å². The molecule has 2 aromatic carbocycles. The summed E-state index contributed by atoms with van der Waals surface area (Å²) >= 11 is 0. The molecule has 0 unspecified atom stereocenters. The van der Waals surface area contributed by atoms with Crippen LogP contribution >= 0.6 is 0 Å². The first-order valence-corrected chi connectivity index (χ1v) is 12.6. The Labute approximate surface area is 182 Å². The zero-order valence-corrected chi connectivity index (χ0v) is 18.8. The zero-order chi connectivity index (χ0) is 22.6. The Hall–Kier alpha value is -2.76. The molecule has 9 nitrogen and oxygen atoms in total. The van der Waals surface area contributed by atoms with Gasteiger partial charge in [-0.2, -0.15) is 0 Å². The molecule has 0 aliphatic carbocycles. The van der Waals surface area contributed by atoms with Gasteiger partial charge < -0.3 is 5.32 Å². The van der Waals surface area contributed by atoms with Crippen molar-refractivity contribution in [1.82, 2.24) is 9.44 Å². The number of amides is 1. The number of anilines is 1. The average Bonchev–Trinajstić information content (AvgIpc) is 3.19. The molecule has 2 aromatic rings. The van der Waals surface area contributed by atoms with E-state index < -0.39 is 26.0 Å². The van der Waals surface area contributed by atoms with Crippen molar-refractivity contribution in [2.75, 3.05) is 11.9 Å². The fraction of sp³-hybridized carbons (Fsp3) is 0.300. The summed E-state index contributed by atoms with van der Waals surface area (Å²) in [6.07, 6.45) is 1.37. The highest BCUT2D eigenvalue weighted by Gasteiger charge is 2.20. The van der Waals surface area contributed by atoms with E-state index in [9.17, 15) is 21.6 Å². The molecule has 0 saturated heterocycles. The Bertz CT molecular complexity index is 1220. The standard InChI is InChI=1S/C20H24N4O5S2/c1-14(2)23-30(26,27)17-8-3-6-15(12-17)20(25)22-16-7-4-9-18(13-16)31(28,29)24-19-10-5-11-21-19/h3-4,6-9,12-14,23H,5,10-11H2,1-2H3,(H,21,24)(H,22,25). The van der Waals surface area contributed by atoms with Crippen LogP contribution in [0.1, 0.15) is 37.0 Å². The van der Waals surface area contributed by atoms with Crippen LogP contribution < -0.4 is 14.8 Å². The molecule has 0 bridgehead atoms. The molecule has 31 heavy (non-hydrogen) atoms. The first-order chi connectivity index (χ1) is 14.6. The third-order valence-corrected chi connectivity index (χ3v) is 7.36. The monoisotopic (exact) mass is 464 g/mol. The summed E-state index contributed by atoms with van der Waals surface area (Å²) in [6, 6.07) is 11.1. The number of rotatable bonds is 7. The summed E-state index contributed by atoms with van der Waals surface area (Å²) in [7, 11) is -7.58. The van der Waals surface area contributed by atoms with E-state index in [2.05, 4.69) is 19.8 Å². The highest BCUT2D eigenvalue weighted by molar-refractivity contribution is 7.90. The smallest absolute Gasteiger partial charge is 0.262 e. The number of nitrogens with one attached hydrogen (secondary N) is 3. The van der Waals surface area contributed by atoms with E-state index in [0.717, 1.165) is 6.42 Å². The maximum Gasteiger partial charge on any atom is 0.262 e. The fourth-order valence-electron chi connectivity index (χ4n) is 2.96. The van der Waals surface area contributed by atoms with Gasteiger partial charge in [0.25, 0.3) is 15.9 Å². The molecule has 1 aliphatic rings. The molecule has 0 radical (unpaired) electrons. The molecular formula is C20H24N4O5S2. The van der Waals surface area contributed by atoms with Crippen LogP contribution in [0.3, 0.4) is 0 Å². The first-order valence-electron chi connectivity index (χ1n) is 9.67. The fourth-order valence-corrected chi connectivity index (χ4v) is 5.40. The summed E-state index contributed by atoms with van der Waals surface area (Å²) < 4.78 is 54.7. The van der Waals surface area contributed by atoms with Crippen LogP contribution in [0.5, 0.6) is 0 Å². The van der Waals surface area contributed by atoms with E-state index in [1.807, 2.05) is 0 Å². The third kappa shape index (κ3) is 5.90. The molecule has 11 heteroatoms. The second kappa shape index (κ2) is 9.16. The zero-order valence-electron chi connectivity index (χ0n) is 17.1. The van der Waals surface area contributed by atoms with Gasteiger partial charge in [0.1, 0.15) is 5.84 Å². The van der Waals surface area contributed by atoms with Gasteiger partial charge in [0.15, 0.2) is 0 Å². The minimum atomic E-state index is -3.82. The van der Waals surface area contributed by atoms with Crippen LogP contribution in [0.2, 0.25) is 0 Å². The van der Waals surface area contributed by atoms with E-state index in [-0.39, 0.29) is 27.1 Å². The second-order valence-corrected chi connectivity index (χ2v) is 10.7. The van der Waals surface area contributed by atoms with Crippen LogP contribution in [0, 0.1) is 0 Å². The summed E-state index contributed by atoms with van der Waals surface area (Å²) in [6.45, 7) is 3.99. The SMILES string of the molecule is CC(C)NS(=O)(=O)c1cccc(C(=O)Nc2cccc(S(=O)(=O)NC3=NCCC3)c2)c1. The van der Waals surface area contributed by atoms with E-state index >= 15 is 0 Å². The van der Waals surface area contributed by atoms with Crippen molar-refractivity contribution in [2.24, 2.45) is 4.99 Å². The first kappa shape index (κ1) is 22.9. The lowest BCUT2D eigenvalue weighted by molar-refractivity contribution is 0.102. The number of amidine groups is 1. The lowest BCUT2D eigenvalue weighted by Crippen LogP contribution is -2.30. The maximum atomic E-state index is 12.6. The van der Waals surface area contributed by atoms with Crippen LogP contribution in [-0.4, -0.2) is 41.2 Å². The number of benzene rings is 2. The molecule has 0 saturated carbocycles. The van der Waals surface area contributed by atoms with Crippen molar-refractivity contribution in [2.45, 2.75) is 42.5 Å². The Morgan fingerprint density at radius 1 is 0.968 bits per heavy atom. The minimum Gasteiger partial charge on any atom is -0.322 e. The molecule has 0 atom stereocenters. The van der Waals surface area contributed by atoms with Crippen LogP contribution in [0.25, 0.3) is 0 Å². The number of hydrogen-bond acceptors (Lipinski definition) is 6. The maximum absolute atomic E-state index is 12.6. The Morgan fingerprint density at radius 2 is 1.65 bits per heavy atom. The van der Waals surface area contributed by atoms with Gasteiger partial charge in [-0.25, -0.2) is 21.6 Å². The summed E-state index contributed by atoms with van der Waals surface area (Å²) in [5.41, 5.74) is 0.383. The van der Waals surface area contributed by atoms with Gasteiger partial charge in [0, 0.05) is 30.3 Å². The lowest BCUT2D eigenvalue weighted by atomic mass is 10.2. The Morgan fingerprint density at radius 3 is 2.29 bits per heavy atom. The molecule has 0 fully saturated rings. The van der Waals surface area contributed by atoms with Gasteiger partial charge in [0.2, 0.25) is 10.0 Å². The Kier molecular flexibility index (Phi) is 6.77. The predicted octanol–water partition coefficient (Wildman–Crippen LogP) is 2.10. The molecule has 3 N–H and O–H groups in total. The van der Waals surface area contributed by atoms with Crippen molar-refractivity contribution in [3.8, 4) is 0 Å². The van der Waals surface area contributed by atoms with Crippen LogP contribution in [0.4, 0.5) is 5.69 Å². The summed E-state index contributed by atoms with van der Waals surface area (Å²) in [5.74, 6) is -0.147. The number of sulfonamides is 2. The van der Waals surface area contributed by atoms with Crippen LogP contribution in [-0.2, 0) is 20.0 Å². The van der Waals surface area contributed by atoms with Gasteiger partial charge in [-0.1, -0.05) is 12.1 Å². The molecule has 1 amide bonds. The van der Waals surface area contributed by atoms with E-state index in [1.165, 1.54) is 42.5 Å². The average molecular weight is 465 g/mol.